The van der Waals surface area contributed by atoms with Crippen molar-refractivity contribution < 1.29 is 4.74 Å². The summed E-state index contributed by atoms with van der Waals surface area (Å²) in [6, 6.07) is 0. The predicted octanol–water partition coefficient (Wildman–Crippen LogP) is 1.80. The lowest BCUT2D eigenvalue weighted by atomic mass is 10.4. The summed E-state index contributed by atoms with van der Waals surface area (Å²) in [4.78, 5) is 0. The zero-order valence-corrected chi connectivity index (χ0v) is 4.45. The van der Waals surface area contributed by atoms with E-state index in [-0.39, 0.29) is 0 Å². The highest BCUT2D eigenvalue weighted by Crippen LogP contribution is 1.91. The lowest BCUT2D eigenvalue weighted by Crippen LogP contribution is -1.72. The Balaban J connectivity index is 2.51. The quantitative estimate of drug-likeness (QED) is 0.458. The molecule has 0 unspecified atom stereocenters. The summed E-state index contributed by atoms with van der Waals surface area (Å²) in [6.45, 7) is 1.62. The van der Waals surface area contributed by atoms with Crippen molar-refractivity contribution >= 4 is 0 Å². The number of rotatable bonds is 0. The monoisotopic (exact) mass is 107 g/mol. The minimum Gasteiger partial charge on any atom is -0.490 e. The molecule has 0 saturated heterocycles. The molecule has 8 heavy (non-hydrogen) atoms. The summed E-state index contributed by atoms with van der Waals surface area (Å²) in [5.74, 6) is 0. The number of hydrogen-bond acceptors (Lipinski definition) is 1. The zero-order valence-electron chi connectivity index (χ0n) is 4.45. The minimum atomic E-state index is 1.62. The third-order valence-corrected chi connectivity index (χ3v) is 0.759. The van der Waals surface area contributed by atoms with Crippen LogP contribution in [0.5, 0.6) is 0 Å². The maximum absolute atomic E-state index is 4.83. The van der Waals surface area contributed by atoms with Gasteiger partial charge in [-0.15, -0.1) is 0 Å². The van der Waals surface area contributed by atoms with Gasteiger partial charge in [-0.2, -0.15) is 0 Å². The smallest absolute Gasteiger partial charge is 0.157 e. The Morgan fingerprint density at radius 2 is 1.50 bits per heavy atom. The van der Waals surface area contributed by atoms with Crippen LogP contribution < -0.4 is 0 Å². The number of allylic oxidation sites excluding steroid dienone is 4. The number of ether oxygens (including phenoxy) is 1. The van der Waals surface area contributed by atoms with Gasteiger partial charge in [-0.25, -0.2) is 0 Å². The van der Waals surface area contributed by atoms with Crippen molar-refractivity contribution in [1.82, 2.24) is 0 Å². The highest BCUT2D eigenvalue weighted by molar-refractivity contribution is 5.13. The molecule has 0 spiro atoms. The van der Waals surface area contributed by atoms with Crippen LogP contribution in [0.4, 0.5) is 0 Å². The normalized spacial score (nSPS) is 29.0. The minimum absolute atomic E-state index is 1.62. The number of hydrogen-bond donors (Lipinski definition) is 0. The van der Waals surface area contributed by atoms with Crippen LogP contribution in [0.2, 0.25) is 0 Å². The molecule has 0 aromatic carbocycles. The summed E-state index contributed by atoms with van der Waals surface area (Å²) < 4.78 is 4.83. The second kappa shape index (κ2) is 3.08. The first-order valence-electron chi connectivity index (χ1n) is 2.47. The Labute approximate surface area is 49.0 Å². The fourth-order valence-corrected chi connectivity index (χ4v) is 0.419. The molecule has 0 saturated carbocycles. The van der Waals surface area contributed by atoms with Gasteiger partial charge < -0.3 is 4.74 Å². The van der Waals surface area contributed by atoms with Gasteiger partial charge in [0.2, 0.25) is 0 Å². The Kier molecular flexibility index (Phi) is 1.99. The molecule has 1 radical (unpaired) electrons. The van der Waals surface area contributed by atoms with Gasteiger partial charge in [-0.1, -0.05) is 18.2 Å². The van der Waals surface area contributed by atoms with Crippen molar-refractivity contribution in [3.63, 3.8) is 0 Å². The molecule has 1 heteroatoms. The SMILES string of the molecule is [CH]1\C=C/C=C\C=C/O1. The van der Waals surface area contributed by atoms with E-state index in [9.17, 15) is 0 Å². The molecule has 0 bridgehead atoms. The molecule has 0 amide bonds. The van der Waals surface area contributed by atoms with E-state index in [1.165, 1.54) is 0 Å². The largest absolute Gasteiger partial charge is 0.490 e. The third-order valence-electron chi connectivity index (χ3n) is 0.759. The maximum atomic E-state index is 4.83. The van der Waals surface area contributed by atoms with Gasteiger partial charge in [0.15, 0.2) is 6.61 Å². The first-order valence-corrected chi connectivity index (χ1v) is 2.47. The fraction of sp³-hybridized carbons (Fsp3) is 0. The van der Waals surface area contributed by atoms with Crippen molar-refractivity contribution in [3.8, 4) is 0 Å². The van der Waals surface area contributed by atoms with Crippen molar-refractivity contribution in [1.29, 1.82) is 0 Å². The van der Waals surface area contributed by atoms with Crippen LogP contribution in [0.15, 0.2) is 36.6 Å². The van der Waals surface area contributed by atoms with Crippen molar-refractivity contribution in [2.75, 3.05) is 0 Å². The van der Waals surface area contributed by atoms with E-state index in [1.54, 1.807) is 12.9 Å². The van der Waals surface area contributed by atoms with Crippen LogP contribution in [0.1, 0.15) is 0 Å². The molecule has 1 aliphatic heterocycles. The molecule has 1 aliphatic rings. The van der Waals surface area contributed by atoms with Gasteiger partial charge in [-0.3, -0.25) is 0 Å². The summed E-state index contributed by atoms with van der Waals surface area (Å²) >= 11 is 0. The lowest BCUT2D eigenvalue weighted by molar-refractivity contribution is 0.357. The van der Waals surface area contributed by atoms with Gasteiger partial charge in [0, 0.05) is 0 Å². The average molecular weight is 107 g/mol. The standard InChI is InChI=1S/C7H7O/c1-2-4-6-8-7-5-3-1/h1-7H/b2-1-,5-3-,6-4-. The predicted molar refractivity (Wildman–Crippen MR) is 32.8 cm³/mol. The summed E-state index contributed by atoms with van der Waals surface area (Å²) in [5.41, 5.74) is 0. The van der Waals surface area contributed by atoms with Crippen LogP contribution in [0, 0.1) is 6.61 Å². The first kappa shape index (κ1) is 5.16. The third kappa shape index (κ3) is 1.65. The molecule has 0 N–H and O–H groups in total. The Bertz CT molecular complexity index is 115. The van der Waals surface area contributed by atoms with Crippen LogP contribution in [0.3, 0.4) is 0 Å². The summed E-state index contributed by atoms with van der Waals surface area (Å²) in [5, 5.41) is 0. The van der Waals surface area contributed by atoms with Crippen molar-refractivity contribution in [3.05, 3.63) is 43.2 Å². The van der Waals surface area contributed by atoms with Crippen molar-refractivity contribution in [2.45, 2.75) is 0 Å². The van der Waals surface area contributed by atoms with E-state index in [0.29, 0.717) is 0 Å². The van der Waals surface area contributed by atoms with Crippen molar-refractivity contribution in [2.24, 2.45) is 0 Å². The maximum Gasteiger partial charge on any atom is 0.157 e. The molecular weight excluding hydrogens is 100 g/mol. The lowest BCUT2D eigenvalue weighted by Gasteiger charge is -1.91. The van der Waals surface area contributed by atoms with E-state index in [1.807, 2.05) is 30.4 Å². The van der Waals surface area contributed by atoms with Gasteiger partial charge in [0.05, 0.1) is 6.26 Å². The highest BCUT2D eigenvalue weighted by atomic mass is 16.5. The van der Waals surface area contributed by atoms with E-state index in [0.717, 1.165) is 0 Å². The van der Waals surface area contributed by atoms with Crippen LogP contribution >= 0.6 is 0 Å². The average Bonchev–Trinajstić information content (AvgIpc) is 1.62. The second-order valence-corrected chi connectivity index (χ2v) is 1.37. The van der Waals surface area contributed by atoms with Crippen LogP contribution in [-0.2, 0) is 4.74 Å². The molecule has 41 valence electrons. The van der Waals surface area contributed by atoms with E-state index < -0.39 is 0 Å². The van der Waals surface area contributed by atoms with Gasteiger partial charge in [0.1, 0.15) is 0 Å². The van der Waals surface area contributed by atoms with Gasteiger partial charge >= 0.3 is 0 Å². The van der Waals surface area contributed by atoms with Crippen LogP contribution in [-0.4, -0.2) is 0 Å². The van der Waals surface area contributed by atoms with E-state index >= 15 is 0 Å². The molecule has 1 nitrogen and oxygen atoms in total. The van der Waals surface area contributed by atoms with Gasteiger partial charge in [-0.05, 0) is 12.2 Å². The van der Waals surface area contributed by atoms with E-state index in [4.69, 9.17) is 4.74 Å². The van der Waals surface area contributed by atoms with Crippen LogP contribution in [0.25, 0.3) is 0 Å². The molecule has 1 rings (SSSR count). The molecule has 0 aromatic rings. The summed E-state index contributed by atoms with van der Waals surface area (Å²) in [6.07, 6.45) is 11.0. The fourth-order valence-electron chi connectivity index (χ4n) is 0.419. The molecular formula is C7H7O. The zero-order chi connectivity index (χ0) is 5.66. The molecule has 0 fully saturated rings. The van der Waals surface area contributed by atoms with E-state index in [2.05, 4.69) is 0 Å². The molecule has 0 atom stereocenters. The molecule has 0 aliphatic carbocycles. The first-order chi connectivity index (χ1) is 4.00. The Morgan fingerprint density at radius 3 is 2.50 bits per heavy atom. The Morgan fingerprint density at radius 1 is 0.750 bits per heavy atom. The second-order valence-electron chi connectivity index (χ2n) is 1.37. The molecule has 1 heterocycles. The van der Waals surface area contributed by atoms with Gasteiger partial charge in [0.25, 0.3) is 0 Å². The Hall–Kier alpha value is -0.980. The molecule has 0 aromatic heterocycles. The highest BCUT2D eigenvalue weighted by Gasteiger charge is 1.75. The topological polar surface area (TPSA) is 9.23 Å². The summed E-state index contributed by atoms with van der Waals surface area (Å²) in [7, 11) is 0.